The molecule has 0 saturated heterocycles. The first kappa shape index (κ1) is 24.0. The van der Waals surface area contributed by atoms with Crippen LogP contribution in [0.25, 0.3) is 43.9 Å². The summed E-state index contributed by atoms with van der Waals surface area (Å²) in [5.74, 6) is 4.13. The quantitative estimate of drug-likeness (QED) is 0.215. The van der Waals surface area contributed by atoms with Gasteiger partial charge in [-0.15, -0.1) is 0 Å². The summed E-state index contributed by atoms with van der Waals surface area (Å²) in [5.41, 5.74) is 8.70. The topological polar surface area (TPSA) is 29.5 Å². The summed E-state index contributed by atoms with van der Waals surface area (Å²) in [6.45, 7) is 0. The Kier molecular flexibility index (Phi) is 5.02. The first-order valence-electron chi connectivity index (χ1n) is 16.0. The maximum Gasteiger partial charge on any atom is 0.137 e. The van der Waals surface area contributed by atoms with E-state index in [1.54, 1.807) is 0 Å². The average Bonchev–Trinajstić information content (AvgIpc) is 3.59. The molecule has 4 aliphatic carbocycles. The van der Waals surface area contributed by atoms with Crippen LogP contribution in [0.4, 0.5) is 17.1 Å². The minimum absolute atomic E-state index is 0.622. The molecule has 210 valence electrons. The van der Waals surface area contributed by atoms with E-state index in [9.17, 15) is 0 Å². The van der Waals surface area contributed by atoms with E-state index >= 15 is 0 Å². The maximum atomic E-state index is 6.40. The van der Waals surface area contributed by atoms with Crippen molar-refractivity contribution in [3.63, 3.8) is 0 Å². The lowest BCUT2D eigenvalue weighted by Crippen LogP contribution is -2.44. The molecule has 4 aliphatic rings. The molecule has 0 radical (unpaired) electrons. The lowest BCUT2D eigenvalue weighted by atomic mass is 9.50. The number of furan rings is 2. The van der Waals surface area contributed by atoms with Crippen LogP contribution in [0.15, 0.2) is 118 Å². The second-order valence-electron chi connectivity index (χ2n) is 13.4. The van der Waals surface area contributed by atoms with Crippen LogP contribution in [0.1, 0.15) is 43.6 Å². The Morgan fingerprint density at radius 2 is 0.953 bits per heavy atom. The van der Waals surface area contributed by atoms with Crippen LogP contribution >= 0.6 is 0 Å². The summed E-state index contributed by atoms with van der Waals surface area (Å²) >= 11 is 0. The number of para-hydroxylation sites is 3. The van der Waals surface area contributed by atoms with Gasteiger partial charge in [0, 0.05) is 50.7 Å². The van der Waals surface area contributed by atoms with Crippen LogP contribution < -0.4 is 4.90 Å². The molecule has 0 aliphatic heterocycles. The van der Waals surface area contributed by atoms with Gasteiger partial charge in [0.15, 0.2) is 0 Å². The fourth-order valence-corrected chi connectivity index (χ4v) is 9.54. The van der Waals surface area contributed by atoms with Crippen LogP contribution in [-0.4, -0.2) is 0 Å². The lowest BCUT2D eigenvalue weighted by Gasteiger charge is -2.55. The number of hydrogen-bond donors (Lipinski definition) is 0. The van der Waals surface area contributed by atoms with Crippen LogP contribution in [-0.2, 0) is 0 Å². The molecule has 7 aromatic rings. The van der Waals surface area contributed by atoms with Crippen molar-refractivity contribution in [3.05, 3.63) is 115 Å². The second-order valence-corrected chi connectivity index (χ2v) is 13.4. The van der Waals surface area contributed by atoms with Gasteiger partial charge in [0.25, 0.3) is 0 Å². The molecule has 4 saturated carbocycles. The molecule has 4 bridgehead atoms. The number of anilines is 3. The van der Waals surface area contributed by atoms with Gasteiger partial charge >= 0.3 is 0 Å². The summed E-state index contributed by atoms with van der Waals surface area (Å²) in [6, 6.07) is 39.4. The highest BCUT2D eigenvalue weighted by Crippen LogP contribution is 2.61. The van der Waals surface area contributed by atoms with Gasteiger partial charge in [-0.25, -0.2) is 0 Å². The van der Waals surface area contributed by atoms with Gasteiger partial charge < -0.3 is 13.7 Å². The molecule has 3 heteroatoms. The van der Waals surface area contributed by atoms with Gasteiger partial charge in [-0.3, -0.25) is 0 Å². The van der Waals surface area contributed by atoms with Crippen LogP contribution in [0.3, 0.4) is 0 Å². The van der Waals surface area contributed by atoms with Gasteiger partial charge in [-0.1, -0.05) is 54.6 Å². The zero-order chi connectivity index (χ0) is 28.1. The summed E-state index contributed by atoms with van der Waals surface area (Å²) in [7, 11) is 0. The third-order valence-corrected chi connectivity index (χ3v) is 11.0. The van der Waals surface area contributed by atoms with E-state index in [-0.39, 0.29) is 0 Å². The average molecular weight is 560 g/mol. The molecular weight excluding hydrogens is 526 g/mol. The van der Waals surface area contributed by atoms with Gasteiger partial charge in [-0.05, 0) is 110 Å². The first-order valence-corrected chi connectivity index (χ1v) is 16.0. The molecule has 3 nitrogen and oxygen atoms in total. The molecule has 0 unspecified atom stereocenters. The Morgan fingerprint density at radius 1 is 0.465 bits per heavy atom. The highest BCUT2D eigenvalue weighted by Gasteiger charge is 2.49. The highest BCUT2D eigenvalue weighted by molar-refractivity contribution is 6.07. The third kappa shape index (κ3) is 3.60. The van der Waals surface area contributed by atoms with Gasteiger partial charge in [-0.2, -0.15) is 0 Å². The second kappa shape index (κ2) is 9.00. The Hall–Kier alpha value is -4.50. The van der Waals surface area contributed by atoms with E-state index in [0.717, 1.165) is 78.9 Å². The Morgan fingerprint density at radius 3 is 1.53 bits per heavy atom. The van der Waals surface area contributed by atoms with Crippen LogP contribution in [0.5, 0.6) is 0 Å². The number of fused-ring (bicyclic) bond motifs is 6. The summed E-state index contributed by atoms with van der Waals surface area (Å²) in [5, 5.41) is 4.63. The van der Waals surface area contributed by atoms with Crippen molar-refractivity contribution in [2.24, 2.45) is 23.7 Å². The summed E-state index contributed by atoms with van der Waals surface area (Å²) in [4.78, 5) is 2.46. The van der Waals surface area contributed by atoms with E-state index < -0.39 is 0 Å². The molecule has 0 atom stereocenters. The standard InChI is InChI=1S/C40H33NO2/c1-4-10-35(34(9-1)40-26-18-24-17-25(20-26)21-27(40)19-24)41(28-13-15-32-30-7-2-5-11-36(30)42-38(32)22-28)29-14-16-33-31-8-3-6-12-37(31)43-39(33)23-29/h1-16,22-27,40H,17-21H2. The maximum absolute atomic E-state index is 6.40. The summed E-state index contributed by atoms with van der Waals surface area (Å²) in [6.07, 6.45) is 7.09. The molecule has 5 aromatic carbocycles. The van der Waals surface area contributed by atoms with Gasteiger partial charge in [0.1, 0.15) is 22.3 Å². The Bertz CT molecular complexity index is 2040. The molecule has 11 rings (SSSR count). The predicted molar refractivity (Wildman–Crippen MR) is 175 cm³/mol. The Balaban J connectivity index is 1.18. The molecule has 0 spiro atoms. The number of nitrogens with zero attached hydrogens (tertiary/aromatic N) is 1. The highest BCUT2D eigenvalue weighted by atomic mass is 16.3. The third-order valence-electron chi connectivity index (χ3n) is 11.0. The zero-order valence-corrected chi connectivity index (χ0v) is 24.1. The molecule has 43 heavy (non-hydrogen) atoms. The van der Waals surface area contributed by atoms with Gasteiger partial charge in [0.2, 0.25) is 0 Å². The minimum atomic E-state index is 0.622. The van der Waals surface area contributed by atoms with Crippen molar-refractivity contribution >= 4 is 60.9 Å². The number of benzene rings is 5. The van der Waals surface area contributed by atoms with E-state index in [0.29, 0.717) is 5.92 Å². The molecule has 0 N–H and O–H groups in total. The van der Waals surface area contributed by atoms with E-state index in [2.05, 4.69) is 102 Å². The molecule has 4 fully saturated rings. The minimum Gasteiger partial charge on any atom is -0.456 e. The fourth-order valence-electron chi connectivity index (χ4n) is 9.54. The first-order chi connectivity index (χ1) is 21.3. The van der Waals surface area contributed by atoms with Crippen LogP contribution in [0, 0.1) is 23.7 Å². The van der Waals surface area contributed by atoms with Crippen molar-refractivity contribution in [1.29, 1.82) is 0 Å². The van der Waals surface area contributed by atoms with Crippen molar-refractivity contribution in [3.8, 4) is 0 Å². The SMILES string of the molecule is c1ccc(N(c2ccc3c(c2)oc2ccccc23)c2ccc3c(c2)oc2ccccc23)c(C2C3CC4CC(C3)CC2C4)c1. The van der Waals surface area contributed by atoms with E-state index in [1.807, 2.05) is 12.1 Å². The van der Waals surface area contributed by atoms with Crippen molar-refractivity contribution in [2.45, 2.75) is 38.0 Å². The Labute approximate surface area is 250 Å². The molecule has 2 aromatic heterocycles. The van der Waals surface area contributed by atoms with Crippen molar-refractivity contribution in [2.75, 3.05) is 4.90 Å². The monoisotopic (exact) mass is 559 g/mol. The normalized spacial score (nSPS) is 24.5. The number of rotatable bonds is 4. The van der Waals surface area contributed by atoms with E-state index in [4.69, 9.17) is 8.83 Å². The summed E-state index contributed by atoms with van der Waals surface area (Å²) < 4.78 is 12.8. The predicted octanol–water partition coefficient (Wildman–Crippen LogP) is 11.5. The molecule has 0 amide bonds. The molecule has 2 heterocycles. The largest absolute Gasteiger partial charge is 0.456 e. The smallest absolute Gasteiger partial charge is 0.137 e. The number of hydrogen-bond acceptors (Lipinski definition) is 3. The van der Waals surface area contributed by atoms with E-state index in [1.165, 1.54) is 43.4 Å². The lowest BCUT2D eigenvalue weighted by molar-refractivity contribution is -0.00259. The van der Waals surface area contributed by atoms with Crippen molar-refractivity contribution in [1.82, 2.24) is 0 Å². The zero-order valence-electron chi connectivity index (χ0n) is 24.1. The van der Waals surface area contributed by atoms with Crippen LogP contribution in [0.2, 0.25) is 0 Å². The van der Waals surface area contributed by atoms with Gasteiger partial charge in [0.05, 0.1) is 0 Å². The van der Waals surface area contributed by atoms with Crippen molar-refractivity contribution < 1.29 is 8.83 Å². The fraction of sp³-hybridized carbons (Fsp3) is 0.250. The molecular formula is C40H33NO2.